The Bertz CT molecular complexity index is 907. The van der Waals surface area contributed by atoms with Crippen molar-refractivity contribution in [3.05, 3.63) is 64.8 Å². The molecule has 0 spiro atoms. The number of alkyl halides is 3. The minimum Gasteiger partial charge on any atom is -0.306 e. The molecular formula is C17H12F3N3OS. The van der Waals surface area contributed by atoms with E-state index >= 15 is 0 Å². The predicted octanol–water partition coefficient (Wildman–Crippen LogP) is 4.78. The van der Waals surface area contributed by atoms with Crippen molar-refractivity contribution in [1.82, 2.24) is 9.97 Å². The fourth-order valence-corrected chi connectivity index (χ4v) is 3.13. The summed E-state index contributed by atoms with van der Waals surface area (Å²) in [4.78, 5) is 19.4. The van der Waals surface area contributed by atoms with E-state index in [2.05, 4.69) is 15.3 Å². The van der Waals surface area contributed by atoms with Crippen LogP contribution in [0, 0.1) is 6.92 Å². The SMILES string of the molecule is Cc1ccnc(NC(=O)c2sc(-c3ccccc3)nc2C(F)(F)F)c1. The summed E-state index contributed by atoms with van der Waals surface area (Å²) in [6.45, 7) is 1.79. The molecule has 2 heterocycles. The molecule has 1 aromatic carbocycles. The van der Waals surface area contributed by atoms with Crippen molar-refractivity contribution in [3.63, 3.8) is 0 Å². The van der Waals surface area contributed by atoms with E-state index in [-0.39, 0.29) is 10.8 Å². The number of hydrogen-bond acceptors (Lipinski definition) is 4. The lowest BCUT2D eigenvalue weighted by molar-refractivity contribution is -0.140. The zero-order valence-electron chi connectivity index (χ0n) is 13.0. The van der Waals surface area contributed by atoms with Gasteiger partial charge in [0.15, 0.2) is 5.69 Å². The second kappa shape index (κ2) is 6.64. The minimum atomic E-state index is -4.73. The molecule has 0 aliphatic carbocycles. The third-order valence-corrected chi connectivity index (χ3v) is 4.38. The summed E-state index contributed by atoms with van der Waals surface area (Å²) in [5, 5.41) is 2.53. The van der Waals surface area contributed by atoms with Gasteiger partial charge in [-0.05, 0) is 24.6 Å². The van der Waals surface area contributed by atoms with Gasteiger partial charge < -0.3 is 5.32 Å². The van der Waals surface area contributed by atoms with Crippen LogP contribution in [0.1, 0.15) is 20.9 Å². The van der Waals surface area contributed by atoms with Gasteiger partial charge in [0.05, 0.1) is 0 Å². The number of thiazole rings is 1. The molecule has 128 valence electrons. The lowest BCUT2D eigenvalue weighted by Crippen LogP contribution is -2.17. The molecule has 0 unspecified atom stereocenters. The molecule has 0 saturated heterocycles. The van der Waals surface area contributed by atoms with Crippen LogP contribution in [0.4, 0.5) is 19.0 Å². The van der Waals surface area contributed by atoms with Crippen LogP contribution >= 0.6 is 11.3 Å². The molecule has 3 aromatic rings. The lowest BCUT2D eigenvalue weighted by Gasteiger charge is -2.07. The van der Waals surface area contributed by atoms with E-state index in [0.29, 0.717) is 16.9 Å². The minimum absolute atomic E-state index is 0.135. The second-order valence-corrected chi connectivity index (χ2v) is 6.23. The van der Waals surface area contributed by atoms with Crippen LogP contribution in [-0.2, 0) is 6.18 Å². The average molecular weight is 363 g/mol. The van der Waals surface area contributed by atoms with Crippen molar-refractivity contribution in [2.45, 2.75) is 13.1 Å². The second-order valence-electron chi connectivity index (χ2n) is 5.23. The first-order valence-corrected chi connectivity index (χ1v) is 8.03. The number of pyridine rings is 1. The standard InChI is InChI=1S/C17H12F3N3OS/c1-10-7-8-21-12(9-10)22-15(24)13-14(17(18,19)20)23-16(25-13)11-5-3-2-4-6-11/h2-9H,1H3,(H,21,22,24). The van der Waals surface area contributed by atoms with Crippen molar-refractivity contribution in [3.8, 4) is 10.6 Å². The van der Waals surface area contributed by atoms with Crippen LogP contribution in [0.3, 0.4) is 0 Å². The molecule has 0 fully saturated rings. The maximum atomic E-state index is 13.3. The van der Waals surface area contributed by atoms with E-state index in [1.165, 1.54) is 6.20 Å². The largest absolute Gasteiger partial charge is 0.435 e. The Balaban J connectivity index is 1.99. The van der Waals surface area contributed by atoms with Gasteiger partial charge in [0.2, 0.25) is 0 Å². The van der Waals surface area contributed by atoms with Crippen LogP contribution in [0.15, 0.2) is 48.7 Å². The molecule has 1 N–H and O–H groups in total. The smallest absolute Gasteiger partial charge is 0.306 e. The van der Waals surface area contributed by atoms with Gasteiger partial charge in [-0.25, -0.2) is 9.97 Å². The van der Waals surface area contributed by atoms with E-state index in [1.807, 2.05) is 0 Å². The molecule has 25 heavy (non-hydrogen) atoms. The lowest BCUT2D eigenvalue weighted by atomic mass is 10.2. The highest BCUT2D eigenvalue weighted by Gasteiger charge is 2.39. The molecule has 0 aliphatic heterocycles. The molecule has 0 radical (unpaired) electrons. The molecule has 0 saturated carbocycles. The molecular weight excluding hydrogens is 351 g/mol. The van der Waals surface area contributed by atoms with E-state index in [0.717, 1.165) is 5.56 Å². The Morgan fingerprint density at radius 1 is 1.16 bits per heavy atom. The van der Waals surface area contributed by atoms with Gasteiger partial charge in [-0.3, -0.25) is 4.79 Å². The van der Waals surface area contributed by atoms with Gasteiger partial charge in [-0.1, -0.05) is 30.3 Å². The highest BCUT2D eigenvalue weighted by atomic mass is 32.1. The molecule has 2 aromatic heterocycles. The first-order valence-electron chi connectivity index (χ1n) is 7.22. The van der Waals surface area contributed by atoms with Crippen molar-refractivity contribution in [1.29, 1.82) is 0 Å². The number of benzene rings is 1. The van der Waals surface area contributed by atoms with E-state index in [9.17, 15) is 18.0 Å². The zero-order valence-corrected chi connectivity index (χ0v) is 13.8. The number of aromatic nitrogens is 2. The molecule has 4 nitrogen and oxygen atoms in total. The summed E-state index contributed by atoms with van der Waals surface area (Å²) in [5.41, 5.74) is 0.155. The predicted molar refractivity (Wildman–Crippen MR) is 89.5 cm³/mol. The van der Waals surface area contributed by atoms with Crippen molar-refractivity contribution in [2.24, 2.45) is 0 Å². The molecule has 0 bridgehead atoms. The number of rotatable bonds is 3. The first kappa shape index (κ1) is 17.1. The maximum absolute atomic E-state index is 13.3. The summed E-state index contributed by atoms with van der Waals surface area (Å²) >= 11 is 0.700. The first-order chi connectivity index (χ1) is 11.8. The maximum Gasteiger partial charge on any atom is 0.435 e. The highest BCUT2D eigenvalue weighted by molar-refractivity contribution is 7.17. The number of carbonyl (C=O) groups excluding carboxylic acids is 1. The third kappa shape index (κ3) is 3.85. The molecule has 1 amide bonds. The van der Waals surface area contributed by atoms with Gasteiger partial charge >= 0.3 is 6.18 Å². The fraction of sp³-hybridized carbons (Fsp3) is 0.118. The van der Waals surface area contributed by atoms with E-state index < -0.39 is 22.7 Å². The molecule has 3 rings (SSSR count). The van der Waals surface area contributed by atoms with Gasteiger partial charge in [0.1, 0.15) is 15.7 Å². The Morgan fingerprint density at radius 3 is 2.52 bits per heavy atom. The number of aryl methyl sites for hydroxylation is 1. The van der Waals surface area contributed by atoms with Crippen molar-refractivity contribution < 1.29 is 18.0 Å². The number of nitrogens with one attached hydrogen (secondary N) is 1. The van der Waals surface area contributed by atoms with E-state index in [4.69, 9.17) is 0 Å². The molecule has 0 aliphatic rings. The third-order valence-electron chi connectivity index (χ3n) is 3.28. The Morgan fingerprint density at radius 2 is 1.88 bits per heavy atom. The number of halogens is 3. The summed E-state index contributed by atoms with van der Waals surface area (Å²) in [6, 6.07) is 11.7. The topological polar surface area (TPSA) is 54.9 Å². The summed E-state index contributed by atoms with van der Waals surface area (Å²) in [5.74, 6) is -0.696. The zero-order chi connectivity index (χ0) is 18.0. The van der Waals surface area contributed by atoms with E-state index in [1.54, 1.807) is 49.4 Å². The Hall–Kier alpha value is -2.74. The normalized spacial score (nSPS) is 11.4. The number of carbonyl (C=O) groups is 1. The van der Waals surface area contributed by atoms with Gasteiger partial charge in [-0.2, -0.15) is 13.2 Å². The quantitative estimate of drug-likeness (QED) is 0.728. The van der Waals surface area contributed by atoms with Crippen LogP contribution in [0.25, 0.3) is 10.6 Å². The fourth-order valence-electron chi connectivity index (χ4n) is 2.15. The van der Waals surface area contributed by atoms with Gasteiger partial charge in [0, 0.05) is 11.8 Å². The van der Waals surface area contributed by atoms with Crippen LogP contribution in [0.5, 0.6) is 0 Å². The number of anilines is 1. The number of hydrogen-bond donors (Lipinski definition) is 1. The monoisotopic (exact) mass is 363 g/mol. The van der Waals surface area contributed by atoms with Gasteiger partial charge in [0.25, 0.3) is 5.91 Å². The van der Waals surface area contributed by atoms with Crippen LogP contribution in [0.2, 0.25) is 0 Å². The Labute approximate surface area is 145 Å². The van der Waals surface area contributed by atoms with Gasteiger partial charge in [-0.15, -0.1) is 11.3 Å². The molecule has 8 heteroatoms. The van der Waals surface area contributed by atoms with Crippen LogP contribution < -0.4 is 5.32 Å². The summed E-state index contributed by atoms with van der Waals surface area (Å²) in [6.07, 6.45) is -3.26. The Kier molecular flexibility index (Phi) is 4.54. The molecule has 0 atom stereocenters. The highest BCUT2D eigenvalue weighted by Crippen LogP contribution is 2.37. The summed E-state index contributed by atoms with van der Waals surface area (Å²) in [7, 11) is 0. The summed E-state index contributed by atoms with van der Waals surface area (Å²) < 4.78 is 39.9. The average Bonchev–Trinajstić information content (AvgIpc) is 3.01. The number of amides is 1. The van der Waals surface area contributed by atoms with Crippen LogP contribution in [-0.4, -0.2) is 15.9 Å². The number of nitrogens with zero attached hydrogens (tertiary/aromatic N) is 2. The van der Waals surface area contributed by atoms with Crippen molar-refractivity contribution >= 4 is 23.1 Å². The van der Waals surface area contributed by atoms with Crippen molar-refractivity contribution in [2.75, 3.05) is 5.32 Å².